The first-order chi connectivity index (χ1) is 15.2. The maximum atomic E-state index is 13.5. The number of hydrogen-bond donors (Lipinski definition) is 3. The summed E-state index contributed by atoms with van der Waals surface area (Å²) in [7, 11) is 0. The highest BCUT2D eigenvalue weighted by atomic mass is 19.1. The first-order valence-electron chi connectivity index (χ1n) is 11.0. The van der Waals surface area contributed by atoms with E-state index in [0.717, 1.165) is 24.0 Å². The second kappa shape index (κ2) is 8.50. The Morgan fingerprint density at radius 3 is 2.38 bits per heavy atom. The molecule has 0 saturated carbocycles. The summed E-state index contributed by atoms with van der Waals surface area (Å²) in [5.41, 5.74) is 2.79. The molecule has 0 spiro atoms. The molecule has 8 heteroatoms. The number of aromatic hydroxyl groups is 1. The van der Waals surface area contributed by atoms with Gasteiger partial charge in [0.15, 0.2) is 5.82 Å². The summed E-state index contributed by atoms with van der Waals surface area (Å²) < 4.78 is 13.5. The van der Waals surface area contributed by atoms with Gasteiger partial charge in [-0.2, -0.15) is 5.10 Å². The Balaban J connectivity index is 1.59. The van der Waals surface area contributed by atoms with Crippen molar-refractivity contribution in [1.29, 1.82) is 0 Å². The van der Waals surface area contributed by atoms with Gasteiger partial charge in [0, 0.05) is 41.0 Å². The minimum atomic E-state index is -0.454. The van der Waals surface area contributed by atoms with Gasteiger partial charge in [-0.1, -0.05) is 6.07 Å². The minimum Gasteiger partial charge on any atom is -0.507 e. The van der Waals surface area contributed by atoms with Crippen LogP contribution in [-0.2, 0) is 0 Å². The number of phenols is 1. The highest BCUT2D eigenvalue weighted by molar-refractivity contribution is 5.73. The lowest BCUT2D eigenvalue weighted by Crippen LogP contribution is -2.62. The van der Waals surface area contributed by atoms with Crippen LogP contribution in [0.5, 0.6) is 5.75 Å². The third kappa shape index (κ3) is 4.75. The second-order valence-electron chi connectivity index (χ2n) is 9.83. The van der Waals surface area contributed by atoms with E-state index in [-0.39, 0.29) is 29.4 Å². The Morgan fingerprint density at radius 2 is 1.81 bits per heavy atom. The fourth-order valence-corrected chi connectivity index (χ4v) is 5.02. The van der Waals surface area contributed by atoms with Crippen LogP contribution in [-0.4, -0.2) is 55.8 Å². The Labute approximate surface area is 188 Å². The number of nitrogens with one attached hydrogen (secondary N) is 2. The summed E-state index contributed by atoms with van der Waals surface area (Å²) in [5.74, 6) is 0.771. The normalized spacial score (nSPS) is 17.9. The predicted molar refractivity (Wildman–Crippen MR) is 124 cm³/mol. The fourth-order valence-electron chi connectivity index (χ4n) is 5.02. The summed E-state index contributed by atoms with van der Waals surface area (Å²) >= 11 is 0. The van der Waals surface area contributed by atoms with Gasteiger partial charge in [-0.05, 0) is 70.4 Å². The number of aromatic nitrogens is 4. The molecular formula is C24H31FN6O. The number of aromatic amines is 1. The van der Waals surface area contributed by atoms with E-state index in [1.165, 1.54) is 0 Å². The summed E-state index contributed by atoms with van der Waals surface area (Å²) in [6.45, 7) is 8.54. The van der Waals surface area contributed by atoms with Gasteiger partial charge in [-0.3, -0.25) is 5.10 Å². The highest BCUT2D eigenvalue weighted by Gasteiger charge is 2.40. The van der Waals surface area contributed by atoms with Crippen molar-refractivity contribution >= 4 is 5.82 Å². The van der Waals surface area contributed by atoms with Gasteiger partial charge >= 0.3 is 0 Å². The Bertz CT molecular complexity index is 1030. The molecule has 0 amide bonds. The number of halogens is 1. The molecule has 7 nitrogen and oxygen atoms in total. The van der Waals surface area contributed by atoms with Gasteiger partial charge in [-0.15, -0.1) is 10.2 Å². The van der Waals surface area contributed by atoms with Crippen molar-refractivity contribution in [2.45, 2.75) is 57.7 Å². The van der Waals surface area contributed by atoms with Crippen LogP contribution in [0.1, 0.15) is 40.5 Å². The maximum Gasteiger partial charge on any atom is 0.151 e. The van der Waals surface area contributed by atoms with E-state index in [0.29, 0.717) is 17.1 Å². The molecule has 3 N–H and O–H groups in total. The molecule has 1 aromatic carbocycles. The lowest BCUT2D eigenvalue weighted by Gasteiger charge is -2.49. The van der Waals surface area contributed by atoms with Gasteiger partial charge in [-0.25, -0.2) is 4.39 Å². The van der Waals surface area contributed by atoms with Crippen LogP contribution < -0.4 is 10.2 Å². The number of hydrogen-bond acceptors (Lipinski definition) is 6. The number of anilines is 1. The molecule has 0 radical (unpaired) electrons. The average Bonchev–Trinajstić information content (AvgIpc) is 3.25. The lowest BCUT2D eigenvalue weighted by molar-refractivity contribution is 0.157. The van der Waals surface area contributed by atoms with Crippen LogP contribution in [0.15, 0.2) is 42.7 Å². The largest absolute Gasteiger partial charge is 0.507 e. The smallest absolute Gasteiger partial charge is 0.151 e. The van der Waals surface area contributed by atoms with Crippen LogP contribution in [0.2, 0.25) is 0 Å². The van der Waals surface area contributed by atoms with Crippen LogP contribution in [0.25, 0.3) is 22.4 Å². The number of alkyl halides is 1. The quantitative estimate of drug-likeness (QED) is 0.531. The van der Waals surface area contributed by atoms with Crippen molar-refractivity contribution in [2.75, 3.05) is 18.1 Å². The Hall–Kier alpha value is -3.00. The molecular weight excluding hydrogens is 407 g/mol. The monoisotopic (exact) mass is 438 g/mol. The molecule has 0 bridgehead atoms. The SMILES string of the molecule is CC1(C)CC(N(CCF)c2ccc(-c3ccc(-c4cn[nH]c4)cc3O)nn2)CC(C)(C)N1. The molecule has 1 aliphatic heterocycles. The molecule has 4 rings (SSSR count). The molecule has 3 aromatic rings. The first-order valence-corrected chi connectivity index (χ1v) is 11.0. The number of piperidine rings is 1. The van der Waals surface area contributed by atoms with Gasteiger partial charge in [0.25, 0.3) is 0 Å². The molecule has 0 unspecified atom stereocenters. The van der Waals surface area contributed by atoms with E-state index in [2.05, 4.69) is 53.4 Å². The molecule has 170 valence electrons. The molecule has 1 aliphatic rings. The van der Waals surface area contributed by atoms with Gasteiger partial charge in [0.05, 0.1) is 11.9 Å². The third-order valence-electron chi connectivity index (χ3n) is 5.98. The van der Waals surface area contributed by atoms with Crippen molar-refractivity contribution in [1.82, 2.24) is 25.7 Å². The lowest BCUT2D eigenvalue weighted by atomic mass is 9.79. The van der Waals surface area contributed by atoms with Gasteiger partial charge in [0.2, 0.25) is 0 Å². The van der Waals surface area contributed by atoms with E-state index in [9.17, 15) is 9.50 Å². The molecule has 32 heavy (non-hydrogen) atoms. The zero-order valence-electron chi connectivity index (χ0n) is 19.1. The fraction of sp³-hybridized carbons (Fsp3) is 0.458. The topological polar surface area (TPSA) is 90.0 Å². The van der Waals surface area contributed by atoms with Crippen molar-refractivity contribution in [3.05, 3.63) is 42.7 Å². The van der Waals surface area contributed by atoms with E-state index in [1.54, 1.807) is 18.5 Å². The highest BCUT2D eigenvalue weighted by Crippen LogP contribution is 2.35. The van der Waals surface area contributed by atoms with E-state index >= 15 is 0 Å². The average molecular weight is 439 g/mol. The number of rotatable bonds is 6. The van der Waals surface area contributed by atoms with Crippen molar-refractivity contribution in [3.63, 3.8) is 0 Å². The summed E-state index contributed by atoms with van der Waals surface area (Å²) in [5, 5.41) is 29.7. The number of H-pyrrole nitrogens is 1. The van der Waals surface area contributed by atoms with E-state index < -0.39 is 6.67 Å². The van der Waals surface area contributed by atoms with Gasteiger partial charge < -0.3 is 15.3 Å². The van der Waals surface area contributed by atoms with E-state index in [4.69, 9.17) is 0 Å². The zero-order chi connectivity index (χ0) is 22.9. The molecule has 0 atom stereocenters. The maximum absolute atomic E-state index is 13.5. The predicted octanol–water partition coefficient (Wildman–Crippen LogP) is 4.32. The number of benzene rings is 1. The standard InChI is InChI=1S/C24H31FN6O/c1-23(2)12-18(13-24(3,4)30-23)31(10-9-25)22-8-7-20(28-29-22)19-6-5-16(11-21(19)32)17-14-26-27-15-17/h5-8,11,14-15,18,30,32H,9-10,12-13H2,1-4H3,(H,26,27). The summed E-state index contributed by atoms with van der Waals surface area (Å²) in [6.07, 6.45) is 5.24. The molecule has 1 saturated heterocycles. The van der Waals surface area contributed by atoms with Crippen LogP contribution >= 0.6 is 0 Å². The van der Waals surface area contributed by atoms with Crippen molar-refractivity contribution < 1.29 is 9.50 Å². The first kappa shape index (κ1) is 22.2. The minimum absolute atomic E-state index is 0.0587. The van der Waals surface area contributed by atoms with Crippen molar-refractivity contribution in [3.8, 4) is 28.1 Å². The number of phenolic OH excluding ortho intramolecular Hbond substituents is 1. The third-order valence-corrected chi connectivity index (χ3v) is 5.98. The molecule has 1 fully saturated rings. The van der Waals surface area contributed by atoms with Crippen LogP contribution in [0.4, 0.5) is 10.2 Å². The Morgan fingerprint density at radius 1 is 1.06 bits per heavy atom. The second-order valence-corrected chi connectivity index (χ2v) is 9.83. The summed E-state index contributed by atoms with van der Waals surface area (Å²) in [6, 6.07) is 9.26. The number of nitrogens with zero attached hydrogens (tertiary/aromatic N) is 4. The molecule has 0 aliphatic carbocycles. The van der Waals surface area contributed by atoms with Crippen LogP contribution in [0, 0.1) is 0 Å². The summed E-state index contributed by atoms with van der Waals surface area (Å²) in [4.78, 5) is 2.03. The molecule has 2 aromatic heterocycles. The van der Waals surface area contributed by atoms with E-state index in [1.807, 2.05) is 29.2 Å². The molecule has 3 heterocycles. The van der Waals surface area contributed by atoms with Crippen molar-refractivity contribution in [2.24, 2.45) is 0 Å². The zero-order valence-corrected chi connectivity index (χ0v) is 19.1. The van der Waals surface area contributed by atoms with Crippen LogP contribution in [0.3, 0.4) is 0 Å². The van der Waals surface area contributed by atoms with Gasteiger partial charge in [0.1, 0.15) is 12.4 Å². The Kier molecular flexibility index (Phi) is 5.90.